The monoisotopic (exact) mass is 250 g/mol. The van der Waals surface area contributed by atoms with E-state index in [0.717, 1.165) is 5.56 Å². The van der Waals surface area contributed by atoms with Gasteiger partial charge < -0.3 is 16.2 Å². The molecule has 0 aliphatic carbocycles. The summed E-state index contributed by atoms with van der Waals surface area (Å²) in [5.74, 6) is -2.63. The van der Waals surface area contributed by atoms with Crippen LogP contribution < -0.4 is 11.1 Å². The first-order chi connectivity index (χ1) is 8.40. The van der Waals surface area contributed by atoms with Crippen molar-refractivity contribution >= 4 is 17.8 Å². The summed E-state index contributed by atoms with van der Waals surface area (Å²) >= 11 is 0. The van der Waals surface area contributed by atoms with E-state index in [4.69, 9.17) is 10.8 Å². The minimum Gasteiger partial charge on any atom is -0.480 e. The van der Waals surface area contributed by atoms with Crippen molar-refractivity contribution in [3.8, 4) is 0 Å². The van der Waals surface area contributed by atoms with Gasteiger partial charge in [-0.15, -0.1) is 0 Å². The number of carboxylic acids is 1. The Morgan fingerprint density at radius 3 is 2.56 bits per heavy atom. The molecule has 0 unspecified atom stereocenters. The molecule has 0 saturated heterocycles. The number of primary amides is 1. The Hall–Kier alpha value is -2.37. The molecule has 4 N–H and O–H groups in total. The van der Waals surface area contributed by atoms with Crippen molar-refractivity contribution in [1.82, 2.24) is 5.32 Å². The predicted molar refractivity (Wildman–Crippen MR) is 63.9 cm³/mol. The van der Waals surface area contributed by atoms with Crippen molar-refractivity contribution in [2.75, 3.05) is 0 Å². The van der Waals surface area contributed by atoms with Crippen LogP contribution in [0.5, 0.6) is 0 Å². The highest BCUT2D eigenvalue weighted by molar-refractivity contribution is 5.97. The zero-order valence-electron chi connectivity index (χ0n) is 9.84. The minimum absolute atomic E-state index is 0.339. The Morgan fingerprint density at radius 1 is 1.39 bits per heavy atom. The quantitative estimate of drug-likeness (QED) is 0.686. The van der Waals surface area contributed by atoms with Gasteiger partial charge >= 0.3 is 5.97 Å². The first-order valence-corrected chi connectivity index (χ1v) is 5.29. The zero-order valence-corrected chi connectivity index (χ0v) is 9.84. The lowest BCUT2D eigenvalue weighted by molar-refractivity contribution is -0.140. The molecule has 18 heavy (non-hydrogen) atoms. The summed E-state index contributed by atoms with van der Waals surface area (Å²) in [6.45, 7) is 1.81. The van der Waals surface area contributed by atoms with Gasteiger partial charge in [0.15, 0.2) is 0 Å². The molecule has 96 valence electrons. The first kappa shape index (κ1) is 13.7. The molecule has 6 heteroatoms. The highest BCUT2D eigenvalue weighted by Gasteiger charge is 2.22. The van der Waals surface area contributed by atoms with E-state index in [2.05, 4.69) is 5.32 Å². The van der Waals surface area contributed by atoms with E-state index in [1.165, 1.54) is 0 Å². The largest absolute Gasteiger partial charge is 0.480 e. The van der Waals surface area contributed by atoms with Crippen molar-refractivity contribution in [1.29, 1.82) is 0 Å². The molecular weight excluding hydrogens is 236 g/mol. The van der Waals surface area contributed by atoms with Gasteiger partial charge in [0.2, 0.25) is 5.91 Å². The first-order valence-electron chi connectivity index (χ1n) is 5.29. The molecule has 1 aromatic rings. The number of hydrogen-bond acceptors (Lipinski definition) is 3. The summed E-state index contributed by atoms with van der Waals surface area (Å²) in [6.07, 6.45) is -0.438. The Balaban J connectivity index is 2.78. The number of aryl methyl sites for hydroxylation is 1. The molecule has 1 atom stereocenters. The van der Waals surface area contributed by atoms with E-state index >= 15 is 0 Å². The molecule has 0 aliphatic rings. The fourth-order valence-electron chi connectivity index (χ4n) is 1.43. The number of benzene rings is 1. The van der Waals surface area contributed by atoms with E-state index < -0.39 is 30.2 Å². The topological polar surface area (TPSA) is 109 Å². The molecule has 0 saturated carbocycles. The number of carbonyl (C=O) groups excluding carboxylic acids is 2. The van der Waals surface area contributed by atoms with Crippen LogP contribution in [0.4, 0.5) is 0 Å². The molecule has 0 spiro atoms. The average Bonchev–Trinajstić information content (AvgIpc) is 2.27. The van der Waals surface area contributed by atoms with Gasteiger partial charge in [-0.1, -0.05) is 17.7 Å². The number of hydrogen-bond donors (Lipinski definition) is 3. The van der Waals surface area contributed by atoms with Gasteiger partial charge in [0, 0.05) is 5.56 Å². The second-order valence-corrected chi connectivity index (χ2v) is 3.90. The van der Waals surface area contributed by atoms with Crippen LogP contribution in [0.2, 0.25) is 0 Å². The number of carbonyl (C=O) groups is 3. The van der Waals surface area contributed by atoms with Gasteiger partial charge in [-0.2, -0.15) is 0 Å². The van der Waals surface area contributed by atoms with Crippen LogP contribution in [0.25, 0.3) is 0 Å². The highest BCUT2D eigenvalue weighted by atomic mass is 16.4. The van der Waals surface area contributed by atoms with Gasteiger partial charge in [0.05, 0.1) is 6.42 Å². The van der Waals surface area contributed by atoms with Crippen molar-refractivity contribution in [2.24, 2.45) is 5.73 Å². The molecule has 0 aromatic heterocycles. The third-order valence-corrected chi connectivity index (χ3v) is 2.29. The molecule has 0 heterocycles. The Labute approximate surface area is 104 Å². The van der Waals surface area contributed by atoms with Crippen molar-refractivity contribution < 1.29 is 19.5 Å². The lowest BCUT2D eigenvalue weighted by Gasteiger charge is -2.12. The van der Waals surface area contributed by atoms with Crippen LogP contribution in [0.3, 0.4) is 0 Å². The minimum atomic E-state index is -1.31. The van der Waals surface area contributed by atoms with Crippen LogP contribution >= 0.6 is 0 Å². The van der Waals surface area contributed by atoms with E-state index in [-0.39, 0.29) is 0 Å². The second kappa shape index (κ2) is 5.81. The molecule has 1 rings (SSSR count). The van der Waals surface area contributed by atoms with Gasteiger partial charge in [-0.25, -0.2) is 4.79 Å². The summed E-state index contributed by atoms with van der Waals surface area (Å²) in [5, 5.41) is 11.1. The van der Waals surface area contributed by atoms with Crippen molar-refractivity contribution in [3.05, 3.63) is 35.4 Å². The maximum Gasteiger partial charge on any atom is 0.326 e. The van der Waals surface area contributed by atoms with E-state index in [1.54, 1.807) is 18.2 Å². The molecule has 1 aromatic carbocycles. The number of carboxylic acid groups (broad SMARTS) is 1. The smallest absolute Gasteiger partial charge is 0.326 e. The Kier molecular flexibility index (Phi) is 4.42. The average molecular weight is 250 g/mol. The fraction of sp³-hybridized carbons (Fsp3) is 0.250. The normalized spacial score (nSPS) is 11.6. The predicted octanol–water partition coefficient (Wildman–Crippen LogP) is 0.0534. The Morgan fingerprint density at radius 2 is 2.06 bits per heavy atom. The second-order valence-electron chi connectivity index (χ2n) is 3.90. The Bertz CT molecular complexity index is 485. The highest BCUT2D eigenvalue weighted by Crippen LogP contribution is 2.04. The lowest BCUT2D eigenvalue weighted by Crippen LogP contribution is -2.43. The number of amides is 2. The molecular formula is C12H14N2O4. The third-order valence-electron chi connectivity index (χ3n) is 2.29. The zero-order chi connectivity index (χ0) is 13.7. The summed E-state index contributed by atoms with van der Waals surface area (Å²) in [6, 6.07) is 5.38. The van der Waals surface area contributed by atoms with E-state index in [0.29, 0.717) is 5.56 Å². The fourth-order valence-corrected chi connectivity index (χ4v) is 1.43. The lowest BCUT2D eigenvalue weighted by atomic mass is 10.1. The number of rotatable bonds is 5. The summed E-state index contributed by atoms with van der Waals surface area (Å²) in [4.78, 5) is 33.3. The summed E-state index contributed by atoms with van der Waals surface area (Å²) in [5.41, 5.74) is 6.13. The maximum atomic E-state index is 11.8. The maximum absolute atomic E-state index is 11.8. The van der Waals surface area contributed by atoms with Gasteiger partial charge in [-0.05, 0) is 19.1 Å². The molecule has 0 fully saturated rings. The SMILES string of the molecule is Cc1cccc(C(=O)N[C@@H](CC(N)=O)C(=O)O)c1. The van der Waals surface area contributed by atoms with Crippen molar-refractivity contribution in [2.45, 2.75) is 19.4 Å². The molecule has 0 bridgehead atoms. The van der Waals surface area contributed by atoms with Crippen LogP contribution in [-0.4, -0.2) is 28.9 Å². The summed E-state index contributed by atoms with van der Waals surface area (Å²) < 4.78 is 0. The molecule has 6 nitrogen and oxygen atoms in total. The molecule has 0 radical (unpaired) electrons. The number of nitrogens with one attached hydrogen (secondary N) is 1. The molecule has 0 aliphatic heterocycles. The third kappa shape index (κ3) is 3.89. The van der Waals surface area contributed by atoms with E-state index in [1.807, 2.05) is 13.0 Å². The van der Waals surface area contributed by atoms with E-state index in [9.17, 15) is 14.4 Å². The van der Waals surface area contributed by atoms with Gasteiger partial charge in [0.1, 0.15) is 6.04 Å². The standard InChI is InChI=1S/C12H14N2O4/c1-7-3-2-4-8(5-7)11(16)14-9(12(17)18)6-10(13)15/h2-5,9H,6H2,1H3,(H2,13,15)(H,14,16)(H,17,18)/t9-/m0/s1. The van der Waals surface area contributed by atoms with Crippen LogP contribution in [-0.2, 0) is 9.59 Å². The molecule has 2 amide bonds. The number of nitrogens with two attached hydrogens (primary N) is 1. The van der Waals surface area contributed by atoms with Crippen LogP contribution in [0.1, 0.15) is 22.3 Å². The number of aliphatic carboxylic acids is 1. The summed E-state index contributed by atoms with van der Waals surface area (Å²) in [7, 11) is 0. The van der Waals surface area contributed by atoms with Gasteiger partial charge in [-0.3, -0.25) is 9.59 Å². The van der Waals surface area contributed by atoms with Crippen LogP contribution in [0, 0.1) is 6.92 Å². The van der Waals surface area contributed by atoms with Crippen molar-refractivity contribution in [3.63, 3.8) is 0 Å². The van der Waals surface area contributed by atoms with Gasteiger partial charge in [0.25, 0.3) is 5.91 Å². The van der Waals surface area contributed by atoms with Crippen LogP contribution in [0.15, 0.2) is 24.3 Å².